The molecule has 4 nitrogen and oxygen atoms in total. The highest BCUT2D eigenvalue weighted by Gasteiger charge is 1.97. The van der Waals surface area contributed by atoms with Gasteiger partial charge in [0.25, 0.3) is 0 Å². The molecule has 0 bridgehead atoms. The number of aromatic nitrogens is 2. The first-order valence-electron chi connectivity index (χ1n) is 3.88. The van der Waals surface area contributed by atoms with E-state index >= 15 is 0 Å². The normalized spacial score (nSPS) is 8.71. The van der Waals surface area contributed by atoms with Gasteiger partial charge in [-0.2, -0.15) is 0 Å². The second-order valence-electron chi connectivity index (χ2n) is 2.20. The van der Waals surface area contributed by atoms with Gasteiger partial charge in [0.1, 0.15) is 11.5 Å². The Hall–Kier alpha value is -1.60. The number of esters is 1. The van der Waals surface area contributed by atoms with Gasteiger partial charge in [-0.25, -0.2) is 14.8 Å². The molecule has 0 aliphatic carbocycles. The summed E-state index contributed by atoms with van der Waals surface area (Å²) in [7, 11) is 0. The molecule has 0 N–H and O–H groups in total. The number of hydrogen-bond acceptors (Lipinski definition) is 4. The van der Waals surface area contributed by atoms with Gasteiger partial charge in [0, 0.05) is 12.1 Å². The van der Waals surface area contributed by atoms with Crippen LogP contribution < -0.4 is 0 Å². The Morgan fingerprint density at radius 2 is 2.50 bits per heavy atom. The van der Waals surface area contributed by atoms with Crippen LogP contribution in [0.1, 0.15) is 12.5 Å². The number of hydrogen-bond donors (Lipinski definition) is 0. The standard InChI is InChI=1S/C9H7ClN2O2/c1-2-14-8(13)4-3-7-5-11-6-12-9(7)10/h5-6H,2H2,1H3. The first kappa shape index (κ1) is 10.5. The number of nitrogens with zero attached hydrogens (tertiary/aromatic N) is 2. The smallest absolute Gasteiger partial charge is 0.384 e. The summed E-state index contributed by atoms with van der Waals surface area (Å²) in [6.45, 7) is 2.00. The molecule has 1 aromatic heterocycles. The van der Waals surface area contributed by atoms with Crippen LogP contribution in [0.15, 0.2) is 12.5 Å². The summed E-state index contributed by atoms with van der Waals surface area (Å²) < 4.78 is 4.61. The van der Waals surface area contributed by atoms with Gasteiger partial charge in [-0.3, -0.25) is 0 Å². The zero-order chi connectivity index (χ0) is 10.4. The van der Waals surface area contributed by atoms with Crippen molar-refractivity contribution < 1.29 is 9.53 Å². The zero-order valence-electron chi connectivity index (χ0n) is 7.45. The maximum Gasteiger partial charge on any atom is 0.384 e. The van der Waals surface area contributed by atoms with E-state index < -0.39 is 5.97 Å². The molecule has 0 fully saturated rings. The Bertz CT molecular complexity index is 395. The van der Waals surface area contributed by atoms with E-state index in [1.807, 2.05) is 0 Å². The van der Waals surface area contributed by atoms with E-state index in [9.17, 15) is 4.79 Å². The predicted molar refractivity (Wildman–Crippen MR) is 50.6 cm³/mol. The molecule has 72 valence electrons. The predicted octanol–water partition coefficient (Wildman–Crippen LogP) is 1.04. The minimum atomic E-state index is -0.590. The highest BCUT2D eigenvalue weighted by molar-refractivity contribution is 6.30. The van der Waals surface area contributed by atoms with Crippen molar-refractivity contribution in [1.82, 2.24) is 9.97 Å². The van der Waals surface area contributed by atoms with E-state index in [4.69, 9.17) is 11.6 Å². The highest BCUT2D eigenvalue weighted by Crippen LogP contribution is 2.07. The quantitative estimate of drug-likeness (QED) is 0.395. The van der Waals surface area contributed by atoms with E-state index in [-0.39, 0.29) is 5.15 Å². The molecule has 1 rings (SSSR count). The molecule has 0 atom stereocenters. The van der Waals surface area contributed by atoms with Gasteiger partial charge in [0.15, 0.2) is 0 Å². The van der Waals surface area contributed by atoms with Gasteiger partial charge < -0.3 is 4.74 Å². The fourth-order valence-electron chi connectivity index (χ4n) is 0.684. The molecule has 0 saturated heterocycles. The lowest BCUT2D eigenvalue weighted by Crippen LogP contribution is -1.99. The second-order valence-corrected chi connectivity index (χ2v) is 2.56. The van der Waals surface area contributed by atoms with Gasteiger partial charge in [-0.1, -0.05) is 17.5 Å². The molecule has 0 aliphatic rings. The second kappa shape index (κ2) is 5.20. The number of halogens is 1. The minimum absolute atomic E-state index is 0.219. The SMILES string of the molecule is CCOC(=O)C#Cc1cncnc1Cl. The molecule has 0 aliphatic heterocycles. The fraction of sp³-hybridized carbons (Fsp3) is 0.222. The van der Waals surface area contributed by atoms with Crippen molar-refractivity contribution in [3.63, 3.8) is 0 Å². The van der Waals surface area contributed by atoms with Gasteiger partial charge in [-0.05, 0) is 6.92 Å². The summed E-state index contributed by atoms with van der Waals surface area (Å²) in [6.07, 6.45) is 2.74. The van der Waals surface area contributed by atoms with Gasteiger partial charge in [0.05, 0.1) is 12.2 Å². The number of rotatable bonds is 1. The zero-order valence-corrected chi connectivity index (χ0v) is 8.21. The summed E-state index contributed by atoms with van der Waals surface area (Å²) in [5, 5.41) is 0.219. The average molecular weight is 211 g/mol. The Labute approximate surface area is 86.3 Å². The van der Waals surface area contributed by atoms with Crippen LogP contribution in [0.25, 0.3) is 0 Å². The van der Waals surface area contributed by atoms with E-state index in [0.717, 1.165) is 0 Å². The van der Waals surface area contributed by atoms with Crippen molar-refractivity contribution in [2.75, 3.05) is 6.61 Å². The van der Waals surface area contributed by atoms with Crippen molar-refractivity contribution in [2.24, 2.45) is 0 Å². The van der Waals surface area contributed by atoms with Crippen LogP contribution in [0.4, 0.5) is 0 Å². The molecule has 0 spiro atoms. The van der Waals surface area contributed by atoms with E-state index in [1.54, 1.807) is 6.92 Å². The average Bonchev–Trinajstić information content (AvgIpc) is 2.17. The lowest BCUT2D eigenvalue weighted by atomic mass is 10.3. The summed E-state index contributed by atoms with van der Waals surface area (Å²) in [5.41, 5.74) is 0.405. The molecule has 1 aromatic rings. The van der Waals surface area contributed by atoms with E-state index in [1.165, 1.54) is 12.5 Å². The molecular formula is C9H7ClN2O2. The molecule has 5 heteroatoms. The van der Waals surface area contributed by atoms with Crippen LogP contribution in [-0.4, -0.2) is 22.5 Å². The van der Waals surface area contributed by atoms with Gasteiger partial charge in [0.2, 0.25) is 0 Å². The third-order valence-electron chi connectivity index (χ3n) is 1.24. The van der Waals surface area contributed by atoms with Crippen molar-refractivity contribution in [3.8, 4) is 11.8 Å². The van der Waals surface area contributed by atoms with E-state index in [0.29, 0.717) is 12.2 Å². The van der Waals surface area contributed by atoms with Gasteiger partial charge in [-0.15, -0.1) is 0 Å². The lowest BCUT2D eigenvalue weighted by molar-refractivity contribution is -0.136. The minimum Gasteiger partial charge on any atom is -0.456 e. The largest absolute Gasteiger partial charge is 0.456 e. The number of carbonyl (C=O) groups is 1. The lowest BCUT2D eigenvalue weighted by Gasteiger charge is -1.92. The third kappa shape index (κ3) is 3.04. The van der Waals surface area contributed by atoms with Crippen molar-refractivity contribution in [2.45, 2.75) is 6.92 Å². The van der Waals surface area contributed by atoms with Crippen molar-refractivity contribution in [3.05, 3.63) is 23.2 Å². The van der Waals surface area contributed by atoms with Crippen LogP contribution >= 0.6 is 11.6 Å². The topological polar surface area (TPSA) is 52.1 Å². The Morgan fingerprint density at radius 1 is 1.71 bits per heavy atom. The first-order chi connectivity index (χ1) is 6.74. The van der Waals surface area contributed by atoms with Crippen LogP contribution in [0.5, 0.6) is 0 Å². The van der Waals surface area contributed by atoms with Crippen LogP contribution in [0.3, 0.4) is 0 Å². The summed E-state index contributed by atoms with van der Waals surface area (Å²) in [4.78, 5) is 18.3. The molecule has 0 unspecified atom stereocenters. The third-order valence-corrected chi connectivity index (χ3v) is 1.54. The molecule has 14 heavy (non-hydrogen) atoms. The summed E-state index contributed by atoms with van der Waals surface area (Å²) >= 11 is 5.68. The summed E-state index contributed by atoms with van der Waals surface area (Å²) in [5.74, 6) is 4.19. The van der Waals surface area contributed by atoms with E-state index in [2.05, 4.69) is 26.5 Å². The van der Waals surface area contributed by atoms with Crippen molar-refractivity contribution >= 4 is 17.6 Å². The van der Waals surface area contributed by atoms with Crippen LogP contribution in [0, 0.1) is 11.8 Å². The van der Waals surface area contributed by atoms with Crippen LogP contribution in [0.2, 0.25) is 5.15 Å². The maximum atomic E-state index is 10.8. The Morgan fingerprint density at radius 3 is 3.14 bits per heavy atom. The molecule has 0 radical (unpaired) electrons. The molecule has 0 amide bonds. The number of ether oxygens (including phenoxy) is 1. The molecule has 0 saturated carbocycles. The number of carbonyl (C=O) groups excluding carboxylic acids is 1. The monoisotopic (exact) mass is 210 g/mol. The maximum absolute atomic E-state index is 10.8. The first-order valence-corrected chi connectivity index (χ1v) is 4.26. The molecular weight excluding hydrogens is 204 g/mol. The Balaban J connectivity index is 2.77. The van der Waals surface area contributed by atoms with Gasteiger partial charge >= 0.3 is 5.97 Å². The molecule has 0 aromatic carbocycles. The fourth-order valence-corrected chi connectivity index (χ4v) is 0.824. The molecule has 1 heterocycles. The van der Waals surface area contributed by atoms with Crippen LogP contribution in [-0.2, 0) is 9.53 Å². The van der Waals surface area contributed by atoms with Crippen molar-refractivity contribution in [1.29, 1.82) is 0 Å². The highest BCUT2D eigenvalue weighted by atomic mass is 35.5. The summed E-state index contributed by atoms with van der Waals surface area (Å²) in [6, 6.07) is 0. The Kier molecular flexibility index (Phi) is 3.89.